The molecule has 0 aliphatic carbocycles. The fourth-order valence-corrected chi connectivity index (χ4v) is 2.29. The second-order valence-corrected chi connectivity index (χ2v) is 5.39. The molecule has 0 heterocycles. The molecule has 0 spiro atoms. The van der Waals surface area contributed by atoms with Crippen LogP contribution in [-0.2, 0) is 6.18 Å². The Morgan fingerprint density at radius 2 is 1.95 bits per heavy atom. The molecule has 0 saturated heterocycles. The van der Waals surface area contributed by atoms with E-state index >= 15 is 0 Å². The lowest BCUT2D eigenvalue weighted by Gasteiger charge is -2.12. The molecule has 2 N–H and O–H groups in total. The van der Waals surface area contributed by atoms with Crippen LogP contribution in [0.1, 0.15) is 5.56 Å². The average Bonchev–Trinajstić information content (AvgIpc) is 2.36. The van der Waals surface area contributed by atoms with Crippen molar-refractivity contribution in [2.45, 2.75) is 6.18 Å². The van der Waals surface area contributed by atoms with E-state index < -0.39 is 11.7 Å². The molecule has 4 nitrogen and oxygen atoms in total. The van der Waals surface area contributed by atoms with Gasteiger partial charge in [0.2, 0.25) is 0 Å². The van der Waals surface area contributed by atoms with Crippen molar-refractivity contribution < 1.29 is 18.4 Å². The number of benzene rings is 1. The van der Waals surface area contributed by atoms with Gasteiger partial charge in [-0.1, -0.05) is 28.4 Å². The highest BCUT2D eigenvalue weighted by atomic mass is 35.5. The lowest BCUT2D eigenvalue weighted by molar-refractivity contribution is -0.137. The van der Waals surface area contributed by atoms with Crippen LogP contribution in [0.3, 0.4) is 0 Å². The molecule has 10 heteroatoms. The Labute approximate surface area is 133 Å². The molecule has 1 rings (SSSR count). The number of halogens is 5. The van der Waals surface area contributed by atoms with Gasteiger partial charge in [-0.15, -0.1) is 0 Å². The van der Waals surface area contributed by atoms with Crippen molar-refractivity contribution in [2.24, 2.45) is 10.3 Å². The van der Waals surface area contributed by atoms with E-state index in [0.717, 1.165) is 18.3 Å². The molecule has 0 aliphatic heterocycles. The summed E-state index contributed by atoms with van der Waals surface area (Å²) in [6, 6.07) is 1.50. The van der Waals surface area contributed by atoms with Crippen molar-refractivity contribution in [1.82, 2.24) is 0 Å². The predicted molar refractivity (Wildman–Crippen MR) is 81.2 cm³/mol. The first kappa shape index (κ1) is 17.9. The predicted octanol–water partition coefficient (Wildman–Crippen LogP) is 4.60. The Balaban J connectivity index is 3.07. The van der Waals surface area contributed by atoms with E-state index in [4.69, 9.17) is 28.4 Å². The third-order valence-electron chi connectivity index (χ3n) is 2.18. The molecular formula is C11H10Cl2F3N3OS. The zero-order chi connectivity index (χ0) is 16.0. The summed E-state index contributed by atoms with van der Waals surface area (Å²) in [6.07, 6.45) is -1.64. The van der Waals surface area contributed by atoms with Gasteiger partial charge in [-0.3, -0.25) is 5.43 Å². The van der Waals surface area contributed by atoms with Crippen LogP contribution in [0.25, 0.3) is 0 Å². The minimum Gasteiger partial charge on any atom is -0.411 e. The highest BCUT2D eigenvalue weighted by Crippen LogP contribution is 2.38. The zero-order valence-electron chi connectivity index (χ0n) is 10.6. The van der Waals surface area contributed by atoms with Crippen molar-refractivity contribution in [3.05, 3.63) is 27.7 Å². The van der Waals surface area contributed by atoms with E-state index in [1.54, 1.807) is 6.26 Å². The van der Waals surface area contributed by atoms with Gasteiger partial charge in [0.25, 0.3) is 0 Å². The highest BCUT2D eigenvalue weighted by molar-refractivity contribution is 7.99. The Morgan fingerprint density at radius 1 is 1.38 bits per heavy atom. The highest BCUT2D eigenvalue weighted by Gasteiger charge is 2.32. The van der Waals surface area contributed by atoms with Gasteiger partial charge in [-0.2, -0.15) is 30.0 Å². The first-order valence-corrected chi connectivity index (χ1v) is 7.49. The number of anilines is 1. The van der Waals surface area contributed by atoms with E-state index in [-0.39, 0.29) is 15.7 Å². The quantitative estimate of drug-likeness (QED) is 0.458. The summed E-state index contributed by atoms with van der Waals surface area (Å²) in [4.78, 5) is 0. The molecule has 116 valence electrons. The number of oxime groups is 1. The number of nitrogens with one attached hydrogen (secondary N) is 1. The molecule has 0 atom stereocenters. The molecule has 1 aromatic rings. The molecule has 0 saturated carbocycles. The topological polar surface area (TPSA) is 57.0 Å². The minimum absolute atomic E-state index is 0.0382. The van der Waals surface area contributed by atoms with Crippen LogP contribution in [0.4, 0.5) is 18.9 Å². The van der Waals surface area contributed by atoms with E-state index in [1.165, 1.54) is 11.8 Å². The van der Waals surface area contributed by atoms with E-state index in [9.17, 15) is 13.2 Å². The maximum atomic E-state index is 12.6. The van der Waals surface area contributed by atoms with Crippen molar-refractivity contribution >= 4 is 52.6 Å². The van der Waals surface area contributed by atoms with Gasteiger partial charge in [-0.05, 0) is 18.4 Å². The molecule has 0 aliphatic rings. The Hall–Kier alpha value is -1.12. The Kier molecular flexibility index (Phi) is 6.63. The number of nitrogens with zero attached hydrogens (tertiary/aromatic N) is 2. The van der Waals surface area contributed by atoms with E-state index in [2.05, 4.69) is 15.7 Å². The largest absolute Gasteiger partial charge is 0.416 e. The summed E-state index contributed by atoms with van der Waals surface area (Å²) in [5.74, 6) is 0.424. The van der Waals surface area contributed by atoms with Crippen LogP contribution in [0.5, 0.6) is 0 Å². The van der Waals surface area contributed by atoms with Gasteiger partial charge >= 0.3 is 6.18 Å². The standard InChI is InChI=1S/C11H10Cl2F3N3OS/c1-21-5-7(4-17-20)18-19-10-8(12)2-6(3-9(10)13)11(14,15)16/h2-4,19-20H,5H2,1H3. The second kappa shape index (κ2) is 7.77. The number of rotatable bonds is 5. The lowest BCUT2D eigenvalue weighted by Crippen LogP contribution is -2.08. The van der Waals surface area contributed by atoms with Crippen molar-refractivity contribution in [3.63, 3.8) is 0 Å². The van der Waals surface area contributed by atoms with Gasteiger partial charge < -0.3 is 5.21 Å². The number of hydrazone groups is 1. The number of hydrogen-bond acceptors (Lipinski definition) is 5. The maximum Gasteiger partial charge on any atom is 0.416 e. The van der Waals surface area contributed by atoms with E-state index in [0.29, 0.717) is 11.5 Å². The van der Waals surface area contributed by atoms with Crippen molar-refractivity contribution in [1.29, 1.82) is 0 Å². The van der Waals surface area contributed by atoms with Gasteiger partial charge in [0.15, 0.2) is 0 Å². The molecule has 0 amide bonds. The summed E-state index contributed by atoms with van der Waals surface area (Å²) in [5.41, 5.74) is 1.92. The monoisotopic (exact) mass is 359 g/mol. The third kappa shape index (κ3) is 5.29. The van der Waals surface area contributed by atoms with Crippen molar-refractivity contribution in [2.75, 3.05) is 17.4 Å². The SMILES string of the molecule is CSCC(C=NO)=NNc1c(Cl)cc(C(F)(F)F)cc1Cl. The fourth-order valence-electron chi connectivity index (χ4n) is 1.28. The maximum absolute atomic E-state index is 12.6. The number of hydrogen-bond donors (Lipinski definition) is 2. The van der Waals surface area contributed by atoms with Crippen LogP contribution in [0.2, 0.25) is 10.0 Å². The van der Waals surface area contributed by atoms with Crippen LogP contribution < -0.4 is 5.43 Å². The zero-order valence-corrected chi connectivity index (χ0v) is 12.9. The normalized spacial score (nSPS) is 13.0. The molecular weight excluding hydrogens is 350 g/mol. The number of alkyl halides is 3. The first-order chi connectivity index (χ1) is 9.79. The average molecular weight is 360 g/mol. The molecule has 0 unspecified atom stereocenters. The smallest absolute Gasteiger partial charge is 0.411 e. The molecule has 0 fully saturated rings. The van der Waals surface area contributed by atoms with Gasteiger partial charge in [-0.25, -0.2) is 0 Å². The van der Waals surface area contributed by atoms with Crippen molar-refractivity contribution in [3.8, 4) is 0 Å². The van der Waals surface area contributed by atoms with Gasteiger partial charge in [0.05, 0.1) is 33.2 Å². The second-order valence-electron chi connectivity index (χ2n) is 3.71. The van der Waals surface area contributed by atoms with Crippen LogP contribution in [0, 0.1) is 0 Å². The molecule has 21 heavy (non-hydrogen) atoms. The molecule has 1 aromatic carbocycles. The van der Waals surface area contributed by atoms with E-state index in [1.807, 2.05) is 0 Å². The molecule has 0 bridgehead atoms. The summed E-state index contributed by atoms with van der Waals surface area (Å²) in [6.45, 7) is 0. The first-order valence-electron chi connectivity index (χ1n) is 5.34. The summed E-state index contributed by atoms with van der Waals surface area (Å²) >= 11 is 13.0. The van der Waals surface area contributed by atoms with Crippen LogP contribution >= 0.6 is 35.0 Å². The number of thioether (sulfide) groups is 1. The van der Waals surface area contributed by atoms with Gasteiger partial charge in [0.1, 0.15) is 0 Å². The van der Waals surface area contributed by atoms with Gasteiger partial charge in [0, 0.05) is 5.75 Å². The molecule has 0 radical (unpaired) electrons. The minimum atomic E-state index is -4.54. The summed E-state index contributed by atoms with van der Waals surface area (Å²) < 4.78 is 37.7. The van der Waals surface area contributed by atoms with Crippen LogP contribution in [-0.4, -0.2) is 29.1 Å². The van der Waals surface area contributed by atoms with Crippen LogP contribution in [0.15, 0.2) is 22.4 Å². The molecule has 0 aromatic heterocycles. The Bertz CT molecular complexity index is 541. The summed E-state index contributed by atoms with van der Waals surface area (Å²) in [5, 5.41) is 14.7. The lowest BCUT2D eigenvalue weighted by atomic mass is 10.2. The summed E-state index contributed by atoms with van der Waals surface area (Å²) in [7, 11) is 0. The third-order valence-corrected chi connectivity index (χ3v) is 3.36. The Morgan fingerprint density at radius 3 is 2.38 bits per heavy atom. The fraction of sp³-hybridized carbons (Fsp3) is 0.273.